The van der Waals surface area contributed by atoms with Gasteiger partial charge in [-0.2, -0.15) is 5.10 Å². The van der Waals surface area contributed by atoms with Crippen molar-refractivity contribution in [3.05, 3.63) is 12.7 Å². The molecule has 1 N–H and O–H groups in total. The molecule has 1 aromatic rings. The summed E-state index contributed by atoms with van der Waals surface area (Å²) in [5.74, 6) is 1.56. The Kier molecular flexibility index (Phi) is 4.33. The lowest BCUT2D eigenvalue weighted by Gasteiger charge is -2.34. The van der Waals surface area contributed by atoms with Crippen molar-refractivity contribution in [2.75, 3.05) is 13.1 Å². The van der Waals surface area contributed by atoms with Gasteiger partial charge in [-0.25, -0.2) is 4.98 Å². The second kappa shape index (κ2) is 6.59. The quantitative estimate of drug-likeness (QED) is 0.916. The third kappa shape index (κ3) is 3.27. The van der Waals surface area contributed by atoms with E-state index in [1.165, 1.54) is 32.1 Å². The first kappa shape index (κ1) is 15.1. The van der Waals surface area contributed by atoms with E-state index in [0.29, 0.717) is 17.9 Å². The third-order valence-corrected chi connectivity index (χ3v) is 5.90. The molecule has 6 heteroatoms. The Bertz CT molecular complexity index is 517. The van der Waals surface area contributed by atoms with Crippen LogP contribution in [0.3, 0.4) is 0 Å². The SMILES string of the molecule is O=C([C@@H]1C[C@@H]2CCCC[C@@H]2N1)N1CCC[C@@H](Cn2cncn2)C1. The van der Waals surface area contributed by atoms with Crippen molar-refractivity contribution in [1.82, 2.24) is 25.0 Å². The van der Waals surface area contributed by atoms with Crippen LogP contribution in [0.25, 0.3) is 0 Å². The largest absolute Gasteiger partial charge is 0.341 e. The molecule has 126 valence electrons. The maximum atomic E-state index is 12.9. The first-order valence-corrected chi connectivity index (χ1v) is 9.17. The summed E-state index contributed by atoms with van der Waals surface area (Å²) in [6.07, 6.45) is 11.9. The van der Waals surface area contributed by atoms with E-state index in [1.54, 1.807) is 12.7 Å². The van der Waals surface area contributed by atoms with Gasteiger partial charge < -0.3 is 10.2 Å². The van der Waals surface area contributed by atoms with Crippen LogP contribution >= 0.6 is 0 Å². The van der Waals surface area contributed by atoms with Gasteiger partial charge in [0.15, 0.2) is 0 Å². The van der Waals surface area contributed by atoms with E-state index in [9.17, 15) is 4.79 Å². The zero-order valence-corrected chi connectivity index (χ0v) is 13.7. The number of carbonyl (C=O) groups excluding carboxylic acids is 1. The molecule has 3 fully saturated rings. The second-order valence-electron chi connectivity index (χ2n) is 7.52. The van der Waals surface area contributed by atoms with Crippen molar-refractivity contribution < 1.29 is 4.79 Å². The average Bonchev–Trinajstić information content (AvgIpc) is 3.23. The fourth-order valence-corrected chi connectivity index (χ4v) is 4.74. The van der Waals surface area contributed by atoms with Gasteiger partial charge in [0, 0.05) is 25.7 Å². The summed E-state index contributed by atoms with van der Waals surface area (Å²) in [6.45, 7) is 2.65. The summed E-state index contributed by atoms with van der Waals surface area (Å²) in [5, 5.41) is 7.83. The molecule has 3 aliphatic rings. The summed E-state index contributed by atoms with van der Waals surface area (Å²) < 4.78 is 1.89. The highest BCUT2D eigenvalue weighted by Gasteiger charge is 2.40. The van der Waals surface area contributed by atoms with E-state index < -0.39 is 0 Å². The summed E-state index contributed by atoms with van der Waals surface area (Å²) in [6, 6.07) is 0.654. The molecular formula is C17H27N5O. The minimum atomic E-state index is 0.0632. The highest BCUT2D eigenvalue weighted by atomic mass is 16.2. The topological polar surface area (TPSA) is 63.1 Å². The molecule has 2 saturated heterocycles. The third-order valence-electron chi connectivity index (χ3n) is 5.90. The highest BCUT2D eigenvalue weighted by Crippen LogP contribution is 2.34. The molecule has 0 spiro atoms. The monoisotopic (exact) mass is 317 g/mol. The fourth-order valence-electron chi connectivity index (χ4n) is 4.74. The number of likely N-dealkylation sites (tertiary alicyclic amines) is 1. The Morgan fingerprint density at radius 1 is 1.22 bits per heavy atom. The summed E-state index contributed by atoms with van der Waals surface area (Å²) >= 11 is 0. The van der Waals surface area contributed by atoms with Gasteiger partial charge in [-0.15, -0.1) is 0 Å². The maximum absolute atomic E-state index is 12.9. The van der Waals surface area contributed by atoms with E-state index >= 15 is 0 Å². The number of aromatic nitrogens is 3. The highest BCUT2D eigenvalue weighted by molar-refractivity contribution is 5.82. The van der Waals surface area contributed by atoms with Crippen LogP contribution in [0.5, 0.6) is 0 Å². The fraction of sp³-hybridized carbons (Fsp3) is 0.824. The molecule has 1 aromatic heterocycles. The van der Waals surface area contributed by atoms with Gasteiger partial charge in [-0.05, 0) is 43.9 Å². The first-order valence-electron chi connectivity index (χ1n) is 9.17. The van der Waals surface area contributed by atoms with Crippen molar-refractivity contribution in [2.45, 2.75) is 63.6 Å². The molecule has 0 radical (unpaired) electrons. The Morgan fingerprint density at radius 3 is 2.96 bits per heavy atom. The molecule has 0 aromatic carbocycles. The molecule has 4 rings (SSSR count). The van der Waals surface area contributed by atoms with Crippen LogP contribution in [-0.4, -0.2) is 50.7 Å². The van der Waals surface area contributed by atoms with Gasteiger partial charge in [0.2, 0.25) is 5.91 Å². The molecule has 3 heterocycles. The Morgan fingerprint density at radius 2 is 2.13 bits per heavy atom. The Hall–Kier alpha value is -1.43. The van der Waals surface area contributed by atoms with E-state index in [2.05, 4.69) is 20.3 Å². The molecular weight excluding hydrogens is 290 g/mol. The van der Waals surface area contributed by atoms with E-state index in [-0.39, 0.29) is 6.04 Å². The number of piperidine rings is 1. The number of amides is 1. The van der Waals surface area contributed by atoms with Crippen LogP contribution in [0.4, 0.5) is 0 Å². The van der Waals surface area contributed by atoms with Gasteiger partial charge in [-0.1, -0.05) is 12.8 Å². The summed E-state index contributed by atoms with van der Waals surface area (Å²) in [5.41, 5.74) is 0. The van der Waals surface area contributed by atoms with Crippen molar-refractivity contribution in [1.29, 1.82) is 0 Å². The van der Waals surface area contributed by atoms with Crippen LogP contribution in [0, 0.1) is 11.8 Å². The lowest BCUT2D eigenvalue weighted by atomic mass is 9.85. The van der Waals surface area contributed by atoms with Gasteiger partial charge in [0.1, 0.15) is 12.7 Å². The predicted octanol–water partition coefficient (Wildman–Crippen LogP) is 1.44. The minimum absolute atomic E-state index is 0.0632. The molecule has 23 heavy (non-hydrogen) atoms. The van der Waals surface area contributed by atoms with Crippen molar-refractivity contribution in [2.24, 2.45) is 11.8 Å². The molecule has 6 nitrogen and oxygen atoms in total. The number of hydrogen-bond donors (Lipinski definition) is 1. The molecule has 0 bridgehead atoms. The Labute approximate surface area is 137 Å². The van der Waals surface area contributed by atoms with Gasteiger partial charge >= 0.3 is 0 Å². The number of fused-ring (bicyclic) bond motifs is 1. The normalized spacial score (nSPS) is 34.3. The summed E-state index contributed by atoms with van der Waals surface area (Å²) in [7, 11) is 0. The van der Waals surface area contributed by atoms with Crippen molar-refractivity contribution in [3.8, 4) is 0 Å². The lowest BCUT2D eigenvalue weighted by Crippen LogP contribution is -2.49. The van der Waals surface area contributed by atoms with Gasteiger partial charge in [-0.3, -0.25) is 9.48 Å². The van der Waals surface area contributed by atoms with Gasteiger partial charge in [0.25, 0.3) is 0 Å². The number of carbonyl (C=O) groups is 1. The number of rotatable bonds is 3. The smallest absolute Gasteiger partial charge is 0.239 e. The maximum Gasteiger partial charge on any atom is 0.239 e. The standard InChI is InChI=1S/C17H27N5O/c23-17(16-8-14-5-1-2-6-15(14)20-16)21-7-3-4-13(9-21)10-22-12-18-11-19-22/h11-16,20H,1-10H2/t13-,14+,15+,16+/m1/s1. The molecule has 1 amide bonds. The van der Waals surface area contributed by atoms with Crippen molar-refractivity contribution in [3.63, 3.8) is 0 Å². The zero-order valence-electron chi connectivity index (χ0n) is 13.7. The number of hydrogen-bond acceptors (Lipinski definition) is 4. The molecule has 2 aliphatic heterocycles. The van der Waals surface area contributed by atoms with Crippen LogP contribution < -0.4 is 5.32 Å². The number of nitrogens with zero attached hydrogens (tertiary/aromatic N) is 4. The number of nitrogens with one attached hydrogen (secondary N) is 1. The zero-order chi connectivity index (χ0) is 15.6. The van der Waals surface area contributed by atoms with Crippen LogP contribution in [0.15, 0.2) is 12.7 Å². The first-order chi connectivity index (χ1) is 11.3. The summed E-state index contributed by atoms with van der Waals surface area (Å²) in [4.78, 5) is 19.0. The molecule has 1 saturated carbocycles. The van der Waals surface area contributed by atoms with E-state index in [0.717, 1.165) is 38.4 Å². The van der Waals surface area contributed by atoms with Crippen LogP contribution in [0.2, 0.25) is 0 Å². The van der Waals surface area contributed by atoms with Crippen molar-refractivity contribution >= 4 is 5.91 Å². The predicted molar refractivity (Wildman–Crippen MR) is 86.6 cm³/mol. The lowest BCUT2D eigenvalue weighted by molar-refractivity contribution is -0.135. The van der Waals surface area contributed by atoms with Crippen LogP contribution in [0.1, 0.15) is 44.9 Å². The van der Waals surface area contributed by atoms with Crippen LogP contribution in [-0.2, 0) is 11.3 Å². The molecule has 4 atom stereocenters. The Balaban J connectivity index is 1.34. The van der Waals surface area contributed by atoms with E-state index in [1.807, 2.05) is 4.68 Å². The second-order valence-corrected chi connectivity index (χ2v) is 7.52. The minimum Gasteiger partial charge on any atom is -0.341 e. The van der Waals surface area contributed by atoms with E-state index in [4.69, 9.17) is 0 Å². The molecule has 1 aliphatic carbocycles. The average molecular weight is 317 g/mol. The molecule has 0 unspecified atom stereocenters. The van der Waals surface area contributed by atoms with Gasteiger partial charge in [0.05, 0.1) is 6.04 Å².